The van der Waals surface area contributed by atoms with Crippen molar-refractivity contribution in [2.45, 2.75) is 26.4 Å². The number of aromatic nitrogens is 1. The zero-order valence-corrected chi connectivity index (χ0v) is 11.6. The highest BCUT2D eigenvalue weighted by atomic mass is 35.5. The molecule has 1 atom stereocenters. The van der Waals surface area contributed by atoms with Gasteiger partial charge in [-0.1, -0.05) is 23.3 Å². The first-order valence-electron chi connectivity index (χ1n) is 5.98. The average Bonchev–Trinajstić information content (AvgIpc) is 2.74. The maximum Gasteiger partial charge on any atom is 0.255 e. The molecule has 2 rings (SSSR count). The summed E-state index contributed by atoms with van der Waals surface area (Å²) in [6.45, 7) is 4.33. The molecule has 4 nitrogen and oxygen atoms in total. The maximum atomic E-state index is 12.3. The van der Waals surface area contributed by atoms with E-state index in [4.69, 9.17) is 16.7 Å². The molecule has 1 unspecified atom stereocenters. The minimum atomic E-state index is -0.0628. The number of carbonyl (C=O) groups excluding carboxylic acids is 1. The van der Waals surface area contributed by atoms with Gasteiger partial charge in [0.25, 0.3) is 5.91 Å². The molecule has 100 valence electrons. The van der Waals surface area contributed by atoms with E-state index in [2.05, 4.69) is 4.98 Å². The van der Waals surface area contributed by atoms with Crippen LogP contribution in [0, 0.1) is 0 Å². The number of amides is 1. The fourth-order valence-corrected chi connectivity index (χ4v) is 2.33. The molecule has 0 saturated carbocycles. The quantitative estimate of drug-likeness (QED) is 0.525. The van der Waals surface area contributed by atoms with Crippen molar-refractivity contribution < 1.29 is 9.90 Å². The van der Waals surface area contributed by atoms with Crippen molar-refractivity contribution in [3.05, 3.63) is 52.5 Å². The van der Waals surface area contributed by atoms with E-state index in [1.165, 1.54) is 6.08 Å². The number of fused-ring (bicyclic) bond motifs is 1. The monoisotopic (exact) mass is 278 g/mol. The molecule has 0 aliphatic carbocycles. The van der Waals surface area contributed by atoms with Crippen molar-refractivity contribution in [3.8, 4) is 0 Å². The molecule has 0 spiro atoms. The fraction of sp³-hybridized carbons (Fsp3) is 0.286. The van der Waals surface area contributed by atoms with Gasteiger partial charge in [0.15, 0.2) is 0 Å². The van der Waals surface area contributed by atoms with Crippen molar-refractivity contribution in [2.75, 3.05) is 0 Å². The van der Waals surface area contributed by atoms with Crippen LogP contribution in [0.4, 0.5) is 0 Å². The molecule has 1 aromatic heterocycles. The summed E-state index contributed by atoms with van der Waals surface area (Å²) in [7, 11) is 0. The molecule has 1 amide bonds. The Morgan fingerprint density at radius 2 is 2.37 bits per heavy atom. The molecule has 5 heteroatoms. The second-order valence-corrected chi connectivity index (χ2v) is 4.85. The highest BCUT2D eigenvalue weighted by Gasteiger charge is 2.32. The molecule has 1 N–H and O–H groups in total. The van der Waals surface area contributed by atoms with Crippen molar-refractivity contribution >= 4 is 17.5 Å². The lowest BCUT2D eigenvalue weighted by molar-refractivity contribution is 0.0741. The van der Waals surface area contributed by atoms with E-state index >= 15 is 0 Å². The number of aliphatic hydroxyl groups is 1. The van der Waals surface area contributed by atoms with Crippen LogP contribution in [0.1, 0.15) is 29.8 Å². The third-order valence-corrected chi connectivity index (χ3v) is 3.72. The molecular formula is C14H15ClN2O2. The number of pyridine rings is 1. The summed E-state index contributed by atoms with van der Waals surface area (Å²) < 4.78 is 0. The van der Waals surface area contributed by atoms with Crippen molar-refractivity contribution in [2.24, 2.45) is 0 Å². The van der Waals surface area contributed by atoms with Gasteiger partial charge in [0.2, 0.25) is 0 Å². The molecule has 0 aromatic carbocycles. The number of hydrogen-bond donors (Lipinski definition) is 1. The number of aliphatic hydroxyl groups excluding tert-OH is 1. The highest BCUT2D eigenvalue weighted by molar-refractivity contribution is 6.30. The number of halogens is 1. The van der Waals surface area contributed by atoms with Gasteiger partial charge >= 0.3 is 0 Å². The van der Waals surface area contributed by atoms with Gasteiger partial charge in [-0.15, -0.1) is 0 Å². The maximum absolute atomic E-state index is 12.3. The first-order valence-corrected chi connectivity index (χ1v) is 6.36. The van der Waals surface area contributed by atoms with Gasteiger partial charge in [-0.25, -0.2) is 4.98 Å². The number of nitrogens with zero attached hydrogens (tertiary/aromatic N) is 2. The third kappa shape index (κ3) is 2.49. The fourth-order valence-electron chi connectivity index (χ4n) is 2.11. The van der Waals surface area contributed by atoms with Crippen molar-refractivity contribution in [3.63, 3.8) is 0 Å². The molecule has 0 radical (unpaired) electrons. The summed E-state index contributed by atoms with van der Waals surface area (Å²) in [4.78, 5) is 18.1. The molecule has 0 saturated heterocycles. The van der Waals surface area contributed by atoms with E-state index in [0.717, 1.165) is 17.4 Å². The predicted molar refractivity (Wildman–Crippen MR) is 74.1 cm³/mol. The first-order chi connectivity index (χ1) is 9.06. The number of rotatable bonds is 3. The standard InChI is InChI=1S/C14H15ClN2O2/c1-9(4-3-7-18)10(2)17-8-12-11(14(17)19)5-6-16-13(12)15/h3-7,10,18H,8H2,1-2H3/b7-3+,9-4+. The van der Waals surface area contributed by atoms with Gasteiger partial charge in [0.1, 0.15) is 5.15 Å². The van der Waals surface area contributed by atoms with Crippen LogP contribution in [0.5, 0.6) is 0 Å². The zero-order valence-electron chi connectivity index (χ0n) is 10.8. The second kappa shape index (κ2) is 5.45. The van der Waals surface area contributed by atoms with Crippen molar-refractivity contribution in [1.82, 2.24) is 9.88 Å². The molecular weight excluding hydrogens is 264 g/mol. The van der Waals surface area contributed by atoms with Crippen LogP contribution in [0.2, 0.25) is 5.15 Å². The molecule has 19 heavy (non-hydrogen) atoms. The lowest BCUT2D eigenvalue weighted by atomic mass is 10.1. The van der Waals surface area contributed by atoms with Gasteiger partial charge in [0, 0.05) is 17.3 Å². The Labute approximate surface area is 117 Å². The van der Waals surface area contributed by atoms with Crippen LogP contribution in [0.3, 0.4) is 0 Å². The average molecular weight is 279 g/mol. The summed E-state index contributed by atoms with van der Waals surface area (Å²) in [6, 6.07) is 1.63. The minimum Gasteiger partial charge on any atom is -0.516 e. The predicted octanol–water partition coefficient (Wildman–Crippen LogP) is 3.10. The van der Waals surface area contributed by atoms with Crippen LogP contribution in [0.25, 0.3) is 0 Å². The minimum absolute atomic E-state index is 0.0347. The summed E-state index contributed by atoms with van der Waals surface area (Å²) in [5.74, 6) is -0.0347. The molecule has 1 aliphatic rings. The highest BCUT2D eigenvalue weighted by Crippen LogP contribution is 2.30. The lowest BCUT2D eigenvalue weighted by Gasteiger charge is -2.25. The van der Waals surface area contributed by atoms with Crippen LogP contribution in [-0.2, 0) is 6.54 Å². The Bertz CT molecular complexity index is 567. The Balaban J connectivity index is 2.27. The Morgan fingerprint density at radius 3 is 3.00 bits per heavy atom. The van der Waals surface area contributed by atoms with E-state index in [1.54, 1.807) is 23.2 Å². The molecule has 1 aliphatic heterocycles. The van der Waals surface area contributed by atoms with E-state index in [-0.39, 0.29) is 11.9 Å². The Kier molecular flexibility index (Phi) is 3.90. The lowest BCUT2D eigenvalue weighted by Crippen LogP contribution is -2.34. The van der Waals surface area contributed by atoms with Crippen LogP contribution in [0.15, 0.2) is 36.3 Å². The van der Waals surface area contributed by atoms with E-state index < -0.39 is 0 Å². The summed E-state index contributed by atoms with van der Waals surface area (Å²) >= 11 is 6.02. The van der Waals surface area contributed by atoms with Gasteiger partial charge in [0.05, 0.1) is 18.8 Å². The topological polar surface area (TPSA) is 53.4 Å². The number of allylic oxidation sites excluding steroid dienone is 2. The van der Waals surface area contributed by atoms with Crippen molar-refractivity contribution in [1.29, 1.82) is 0 Å². The first kappa shape index (κ1) is 13.6. The molecule has 0 fully saturated rings. The Morgan fingerprint density at radius 1 is 1.63 bits per heavy atom. The number of hydrogen-bond acceptors (Lipinski definition) is 3. The third-order valence-electron chi connectivity index (χ3n) is 3.39. The SMILES string of the molecule is C/C(=C\C=C\O)C(C)N1Cc2c(ccnc2Cl)C1=O. The normalized spacial score (nSPS) is 17.1. The smallest absolute Gasteiger partial charge is 0.255 e. The molecule has 0 bridgehead atoms. The molecule has 2 heterocycles. The summed E-state index contributed by atoms with van der Waals surface area (Å²) in [5, 5.41) is 9.05. The zero-order chi connectivity index (χ0) is 14.0. The number of carbonyl (C=O) groups is 1. The summed E-state index contributed by atoms with van der Waals surface area (Å²) in [5.41, 5.74) is 2.39. The van der Waals surface area contributed by atoms with Crippen LogP contribution >= 0.6 is 11.6 Å². The van der Waals surface area contributed by atoms with Crippen LogP contribution in [-0.4, -0.2) is 26.9 Å². The second-order valence-electron chi connectivity index (χ2n) is 4.49. The van der Waals surface area contributed by atoms with E-state index in [0.29, 0.717) is 17.3 Å². The van der Waals surface area contributed by atoms with E-state index in [9.17, 15) is 4.79 Å². The Hall–Kier alpha value is -1.81. The summed E-state index contributed by atoms with van der Waals surface area (Å²) in [6.07, 6.45) is 5.83. The van der Waals surface area contributed by atoms with Gasteiger partial charge in [-0.3, -0.25) is 4.79 Å². The largest absolute Gasteiger partial charge is 0.516 e. The van der Waals surface area contributed by atoms with Gasteiger partial charge < -0.3 is 10.0 Å². The van der Waals surface area contributed by atoms with Gasteiger partial charge in [-0.05, 0) is 26.0 Å². The molecule has 1 aromatic rings. The van der Waals surface area contributed by atoms with Gasteiger partial charge in [-0.2, -0.15) is 0 Å². The van der Waals surface area contributed by atoms with Crippen LogP contribution < -0.4 is 0 Å². The van der Waals surface area contributed by atoms with E-state index in [1.807, 2.05) is 13.8 Å².